The van der Waals surface area contributed by atoms with E-state index in [1.165, 1.54) is 0 Å². The SMILES string of the molecule is Nc1nsc(-c2c(F)cc(Br)cc2F)n1. The molecule has 0 spiro atoms. The summed E-state index contributed by atoms with van der Waals surface area (Å²) in [7, 11) is 0. The lowest BCUT2D eigenvalue weighted by Gasteiger charge is -2.01. The van der Waals surface area contributed by atoms with Crippen LogP contribution in [0.25, 0.3) is 10.6 Å². The average Bonchev–Trinajstić information content (AvgIpc) is 2.49. The molecule has 78 valence electrons. The van der Waals surface area contributed by atoms with Gasteiger partial charge in [0, 0.05) is 4.47 Å². The molecule has 0 aliphatic carbocycles. The van der Waals surface area contributed by atoms with E-state index in [2.05, 4.69) is 25.3 Å². The van der Waals surface area contributed by atoms with E-state index in [9.17, 15) is 8.78 Å². The second kappa shape index (κ2) is 3.82. The van der Waals surface area contributed by atoms with E-state index in [1.54, 1.807) is 0 Å². The van der Waals surface area contributed by atoms with Crippen molar-refractivity contribution in [2.24, 2.45) is 0 Å². The Balaban J connectivity index is 2.62. The van der Waals surface area contributed by atoms with Crippen LogP contribution >= 0.6 is 27.5 Å². The predicted octanol–water partition coefficient (Wildman–Crippen LogP) is 2.83. The highest BCUT2D eigenvalue weighted by Crippen LogP contribution is 2.30. The van der Waals surface area contributed by atoms with Crippen LogP contribution < -0.4 is 5.73 Å². The number of rotatable bonds is 1. The summed E-state index contributed by atoms with van der Waals surface area (Å²) in [6.45, 7) is 0. The smallest absolute Gasteiger partial charge is 0.232 e. The number of nitrogens with two attached hydrogens (primary N) is 1. The second-order valence-corrected chi connectivity index (χ2v) is 4.37. The van der Waals surface area contributed by atoms with Crippen LogP contribution in [0.3, 0.4) is 0 Å². The molecule has 3 nitrogen and oxygen atoms in total. The summed E-state index contributed by atoms with van der Waals surface area (Å²) in [6.07, 6.45) is 0. The van der Waals surface area contributed by atoms with Gasteiger partial charge in [0.1, 0.15) is 11.6 Å². The molecule has 2 N–H and O–H groups in total. The third-order valence-electron chi connectivity index (χ3n) is 1.66. The number of anilines is 1. The van der Waals surface area contributed by atoms with Gasteiger partial charge in [-0.1, -0.05) is 15.9 Å². The number of hydrogen-bond acceptors (Lipinski definition) is 4. The number of aromatic nitrogens is 2. The summed E-state index contributed by atoms with van der Waals surface area (Å²) < 4.78 is 30.9. The Hall–Kier alpha value is -1.08. The summed E-state index contributed by atoms with van der Waals surface area (Å²) in [5.74, 6) is -1.38. The average molecular weight is 292 g/mol. The zero-order valence-corrected chi connectivity index (χ0v) is 9.57. The van der Waals surface area contributed by atoms with Crippen molar-refractivity contribution in [1.29, 1.82) is 0 Å². The molecule has 0 amide bonds. The minimum Gasteiger partial charge on any atom is -0.367 e. The van der Waals surface area contributed by atoms with Crippen LogP contribution in [-0.2, 0) is 0 Å². The molecule has 0 bridgehead atoms. The molecule has 0 atom stereocenters. The molecule has 2 aromatic rings. The Bertz CT molecular complexity index is 491. The first-order chi connectivity index (χ1) is 7.08. The molecule has 1 aromatic heterocycles. The van der Waals surface area contributed by atoms with Crippen molar-refractivity contribution in [2.45, 2.75) is 0 Å². The lowest BCUT2D eigenvalue weighted by atomic mass is 10.2. The lowest BCUT2D eigenvalue weighted by molar-refractivity contribution is 0.588. The van der Waals surface area contributed by atoms with Crippen molar-refractivity contribution in [3.63, 3.8) is 0 Å². The summed E-state index contributed by atoms with van der Waals surface area (Å²) in [6, 6.07) is 2.33. The van der Waals surface area contributed by atoms with Crippen molar-refractivity contribution in [3.05, 3.63) is 28.2 Å². The zero-order valence-electron chi connectivity index (χ0n) is 7.17. The maximum atomic E-state index is 13.4. The maximum absolute atomic E-state index is 13.4. The highest BCUT2D eigenvalue weighted by molar-refractivity contribution is 9.10. The topological polar surface area (TPSA) is 51.8 Å². The van der Waals surface area contributed by atoms with E-state index < -0.39 is 11.6 Å². The fourth-order valence-electron chi connectivity index (χ4n) is 1.08. The lowest BCUT2D eigenvalue weighted by Crippen LogP contribution is -1.91. The molecule has 15 heavy (non-hydrogen) atoms. The third kappa shape index (κ3) is 1.98. The van der Waals surface area contributed by atoms with Gasteiger partial charge in [0.2, 0.25) is 5.95 Å². The Morgan fingerprint density at radius 2 is 1.87 bits per heavy atom. The van der Waals surface area contributed by atoms with Crippen LogP contribution in [0.4, 0.5) is 14.7 Å². The molecular weight excluding hydrogens is 288 g/mol. The Labute approximate surface area is 96.2 Å². The number of benzene rings is 1. The molecule has 0 saturated carbocycles. The van der Waals surface area contributed by atoms with Gasteiger partial charge in [-0.05, 0) is 23.7 Å². The molecule has 0 fully saturated rings. The van der Waals surface area contributed by atoms with Gasteiger partial charge in [0.15, 0.2) is 5.01 Å². The molecule has 0 radical (unpaired) electrons. The van der Waals surface area contributed by atoms with Crippen LogP contribution in [0, 0.1) is 11.6 Å². The van der Waals surface area contributed by atoms with Crippen molar-refractivity contribution in [2.75, 3.05) is 5.73 Å². The number of nitrogen functional groups attached to an aromatic ring is 1. The predicted molar refractivity (Wildman–Crippen MR) is 57.4 cm³/mol. The van der Waals surface area contributed by atoms with E-state index in [1.807, 2.05) is 0 Å². The fraction of sp³-hybridized carbons (Fsp3) is 0. The quantitative estimate of drug-likeness (QED) is 0.879. The molecule has 0 saturated heterocycles. The number of nitrogens with zero attached hydrogens (tertiary/aromatic N) is 2. The van der Waals surface area contributed by atoms with E-state index >= 15 is 0 Å². The van der Waals surface area contributed by atoms with E-state index in [0.717, 1.165) is 23.7 Å². The summed E-state index contributed by atoms with van der Waals surface area (Å²) in [5, 5.41) is 0.134. The monoisotopic (exact) mass is 291 g/mol. The molecule has 1 aromatic carbocycles. The molecule has 1 heterocycles. The van der Waals surface area contributed by atoms with Gasteiger partial charge < -0.3 is 5.73 Å². The third-order valence-corrected chi connectivity index (χ3v) is 2.87. The molecular formula is C8H4BrF2N3S. The molecule has 0 unspecified atom stereocenters. The highest BCUT2D eigenvalue weighted by atomic mass is 79.9. The van der Waals surface area contributed by atoms with Crippen molar-refractivity contribution < 1.29 is 8.78 Å². The minimum absolute atomic E-state index is 0.0109. The molecule has 0 aliphatic rings. The Morgan fingerprint density at radius 1 is 1.27 bits per heavy atom. The fourth-order valence-corrected chi connectivity index (χ4v) is 2.13. The van der Waals surface area contributed by atoms with E-state index in [0.29, 0.717) is 4.47 Å². The normalized spacial score (nSPS) is 10.6. The Morgan fingerprint density at radius 3 is 2.33 bits per heavy atom. The second-order valence-electron chi connectivity index (χ2n) is 2.70. The molecule has 0 aliphatic heterocycles. The van der Waals surface area contributed by atoms with Crippen LogP contribution in [0.2, 0.25) is 0 Å². The first kappa shape index (κ1) is 10.4. The number of halogens is 3. The van der Waals surface area contributed by atoms with Gasteiger partial charge in [-0.2, -0.15) is 9.36 Å². The summed E-state index contributed by atoms with van der Waals surface area (Å²) in [4.78, 5) is 3.72. The molecule has 7 heteroatoms. The first-order valence-electron chi connectivity index (χ1n) is 3.82. The summed E-state index contributed by atoms with van der Waals surface area (Å²) >= 11 is 3.84. The van der Waals surface area contributed by atoms with Crippen LogP contribution in [-0.4, -0.2) is 9.36 Å². The van der Waals surface area contributed by atoms with Gasteiger partial charge in [-0.25, -0.2) is 8.78 Å². The standard InChI is InChI=1S/C8H4BrF2N3S/c9-3-1-4(10)6(5(11)2-3)7-13-8(12)14-15-7/h1-2H,(H2,12,14). The van der Waals surface area contributed by atoms with Gasteiger partial charge in [0.25, 0.3) is 0 Å². The van der Waals surface area contributed by atoms with Crippen molar-refractivity contribution in [1.82, 2.24) is 9.36 Å². The maximum Gasteiger partial charge on any atom is 0.232 e. The summed E-state index contributed by atoms with van der Waals surface area (Å²) in [5.41, 5.74) is 5.08. The first-order valence-corrected chi connectivity index (χ1v) is 5.38. The largest absolute Gasteiger partial charge is 0.367 e. The Kier molecular flexibility index (Phi) is 2.66. The highest BCUT2D eigenvalue weighted by Gasteiger charge is 2.16. The van der Waals surface area contributed by atoms with Crippen molar-refractivity contribution in [3.8, 4) is 10.6 Å². The van der Waals surface area contributed by atoms with Crippen LogP contribution in [0.1, 0.15) is 0 Å². The molecule has 2 rings (SSSR count). The van der Waals surface area contributed by atoms with Gasteiger partial charge in [-0.3, -0.25) is 0 Å². The van der Waals surface area contributed by atoms with E-state index in [-0.39, 0.29) is 16.5 Å². The van der Waals surface area contributed by atoms with Crippen LogP contribution in [0.5, 0.6) is 0 Å². The van der Waals surface area contributed by atoms with Gasteiger partial charge >= 0.3 is 0 Å². The minimum atomic E-state index is -0.696. The van der Waals surface area contributed by atoms with Gasteiger partial charge in [-0.15, -0.1) is 0 Å². The zero-order chi connectivity index (χ0) is 11.0. The van der Waals surface area contributed by atoms with Gasteiger partial charge in [0.05, 0.1) is 5.56 Å². The van der Waals surface area contributed by atoms with Crippen LogP contribution in [0.15, 0.2) is 16.6 Å². The van der Waals surface area contributed by atoms with E-state index in [4.69, 9.17) is 5.73 Å². The number of hydrogen-bond donors (Lipinski definition) is 1. The van der Waals surface area contributed by atoms with Crippen molar-refractivity contribution >= 4 is 33.4 Å².